The van der Waals surface area contributed by atoms with E-state index in [1.165, 1.54) is 6.42 Å². The Morgan fingerprint density at radius 1 is 1.47 bits per heavy atom. The van der Waals surface area contributed by atoms with Crippen LogP contribution in [0, 0.1) is 5.92 Å². The number of carbonyl (C=O) groups excluding carboxylic acids is 1. The molecule has 0 aromatic carbocycles. The van der Waals surface area contributed by atoms with Crippen LogP contribution in [0.4, 0.5) is 4.79 Å². The van der Waals surface area contributed by atoms with E-state index in [9.17, 15) is 4.79 Å². The molecular formula is C11H20N2O2. The fourth-order valence-corrected chi connectivity index (χ4v) is 2.43. The number of fused-ring (bicyclic) bond motifs is 4. The lowest BCUT2D eigenvalue weighted by Crippen LogP contribution is -2.47. The van der Waals surface area contributed by atoms with Gasteiger partial charge in [-0.2, -0.15) is 0 Å². The molecule has 3 aliphatic rings. The van der Waals surface area contributed by atoms with Gasteiger partial charge >= 0.3 is 6.09 Å². The normalized spacial score (nSPS) is 30.1. The second-order valence-corrected chi connectivity index (χ2v) is 4.52. The molecule has 0 aliphatic carbocycles. The van der Waals surface area contributed by atoms with E-state index in [1.807, 2.05) is 11.8 Å². The van der Waals surface area contributed by atoms with E-state index in [0.717, 1.165) is 32.5 Å². The third kappa shape index (κ3) is 2.43. The van der Waals surface area contributed by atoms with Gasteiger partial charge in [0.05, 0.1) is 6.61 Å². The predicted molar refractivity (Wildman–Crippen MR) is 57.7 cm³/mol. The molecule has 4 nitrogen and oxygen atoms in total. The van der Waals surface area contributed by atoms with Crippen molar-refractivity contribution in [3.05, 3.63) is 0 Å². The molecule has 3 aliphatic heterocycles. The molecule has 0 aromatic heterocycles. The first-order chi connectivity index (χ1) is 7.31. The van der Waals surface area contributed by atoms with Crippen molar-refractivity contribution >= 4 is 6.09 Å². The Balaban J connectivity index is 1.93. The van der Waals surface area contributed by atoms with Crippen LogP contribution in [0.5, 0.6) is 0 Å². The van der Waals surface area contributed by atoms with Crippen LogP contribution in [0.15, 0.2) is 0 Å². The van der Waals surface area contributed by atoms with Gasteiger partial charge in [-0.1, -0.05) is 6.92 Å². The van der Waals surface area contributed by atoms with Gasteiger partial charge in [-0.3, -0.25) is 0 Å². The van der Waals surface area contributed by atoms with Gasteiger partial charge in [-0.25, -0.2) is 4.79 Å². The zero-order chi connectivity index (χ0) is 10.7. The molecule has 2 bridgehead atoms. The van der Waals surface area contributed by atoms with Gasteiger partial charge in [0, 0.05) is 19.1 Å². The maximum absolute atomic E-state index is 11.8. The lowest BCUT2D eigenvalue weighted by atomic mass is 9.95. The topological polar surface area (TPSA) is 41.6 Å². The Morgan fingerprint density at radius 2 is 2.33 bits per heavy atom. The highest BCUT2D eigenvalue weighted by molar-refractivity contribution is 5.68. The fraction of sp³-hybridized carbons (Fsp3) is 0.909. The molecule has 0 aromatic rings. The van der Waals surface area contributed by atoms with Crippen LogP contribution in [-0.2, 0) is 4.74 Å². The first-order valence-electron chi connectivity index (χ1n) is 5.95. The summed E-state index contributed by atoms with van der Waals surface area (Å²) in [6.45, 7) is 5.41. The van der Waals surface area contributed by atoms with E-state index in [-0.39, 0.29) is 6.09 Å². The van der Waals surface area contributed by atoms with E-state index in [4.69, 9.17) is 4.74 Å². The molecule has 15 heavy (non-hydrogen) atoms. The van der Waals surface area contributed by atoms with Crippen molar-refractivity contribution in [2.24, 2.45) is 5.92 Å². The highest BCUT2D eigenvalue weighted by Crippen LogP contribution is 2.24. The van der Waals surface area contributed by atoms with Crippen LogP contribution < -0.4 is 5.32 Å². The summed E-state index contributed by atoms with van der Waals surface area (Å²) < 4.78 is 5.20. The molecule has 1 N–H and O–H groups in total. The van der Waals surface area contributed by atoms with Crippen LogP contribution in [-0.4, -0.2) is 43.3 Å². The number of hydrogen-bond acceptors (Lipinski definition) is 3. The molecule has 0 saturated carbocycles. The predicted octanol–water partition coefficient (Wildman–Crippen LogP) is 1.22. The summed E-state index contributed by atoms with van der Waals surface area (Å²) in [6.07, 6.45) is 3.15. The van der Waals surface area contributed by atoms with E-state index in [0.29, 0.717) is 18.6 Å². The lowest BCUT2D eigenvalue weighted by molar-refractivity contribution is 0.0691. The van der Waals surface area contributed by atoms with Crippen molar-refractivity contribution in [1.29, 1.82) is 0 Å². The van der Waals surface area contributed by atoms with Crippen molar-refractivity contribution in [2.75, 3.05) is 26.2 Å². The molecule has 3 saturated heterocycles. The zero-order valence-electron chi connectivity index (χ0n) is 9.37. The minimum absolute atomic E-state index is 0.116. The van der Waals surface area contributed by atoms with Gasteiger partial charge in [0.25, 0.3) is 0 Å². The standard InChI is InChI=1S/C11H20N2O2/c1-2-5-15-11(14)13-8-9-3-4-10(13)7-12-6-9/h9-10,12H,2-8H2,1H3. The van der Waals surface area contributed by atoms with Gasteiger partial charge in [0.15, 0.2) is 0 Å². The number of nitrogens with one attached hydrogen (secondary N) is 1. The van der Waals surface area contributed by atoms with E-state index < -0.39 is 0 Å². The van der Waals surface area contributed by atoms with Crippen LogP contribution in [0.3, 0.4) is 0 Å². The number of piperidine rings is 1. The summed E-state index contributed by atoms with van der Waals surface area (Å²) in [7, 11) is 0. The number of rotatable bonds is 2. The summed E-state index contributed by atoms with van der Waals surface area (Å²) in [5, 5.41) is 3.40. The van der Waals surface area contributed by atoms with Crippen molar-refractivity contribution in [3.63, 3.8) is 0 Å². The van der Waals surface area contributed by atoms with E-state index in [1.54, 1.807) is 0 Å². The molecule has 2 unspecified atom stereocenters. The quantitative estimate of drug-likeness (QED) is 0.748. The van der Waals surface area contributed by atoms with E-state index >= 15 is 0 Å². The summed E-state index contributed by atoms with van der Waals surface area (Å²) in [5.74, 6) is 0.623. The first kappa shape index (κ1) is 10.7. The average molecular weight is 212 g/mol. The number of carbonyl (C=O) groups is 1. The summed E-state index contributed by atoms with van der Waals surface area (Å²) in [4.78, 5) is 13.7. The fourth-order valence-electron chi connectivity index (χ4n) is 2.43. The third-order valence-electron chi connectivity index (χ3n) is 3.28. The number of ether oxygens (including phenoxy) is 1. The Bertz CT molecular complexity index is 229. The molecule has 0 spiro atoms. The average Bonchev–Trinajstić information content (AvgIpc) is 2.60. The Labute approximate surface area is 91.0 Å². The van der Waals surface area contributed by atoms with Gasteiger partial charge in [0.1, 0.15) is 0 Å². The van der Waals surface area contributed by atoms with Crippen molar-refractivity contribution in [1.82, 2.24) is 10.2 Å². The molecule has 3 rings (SSSR count). The van der Waals surface area contributed by atoms with Crippen LogP contribution in [0.25, 0.3) is 0 Å². The third-order valence-corrected chi connectivity index (χ3v) is 3.28. The molecule has 1 amide bonds. The summed E-state index contributed by atoms with van der Waals surface area (Å²) in [5.41, 5.74) is 0. The Morgan fingerprint density at radius 3 is 3.13 bits per heavy atom. The second kappa shape index (κ2) is 4.84. The molecule has 3 heterocycles. The number of amides is 1. The molecule has 86 valence electrons. The zero-order valence-corrected chi connectivity index (χ0v) is 9.37. The van der Waals surface area contributed by atoms with Gasteiger partial charge < -0.3 is 15.0 Å². The molecule has 3 fully saturated rings. The summed E-state index contributed by atoms with van der Waals surface area (Å²) >= 11 is 0. The molecule has 2 atom stereocenters. The maximum Gasteiger partial charge on any atom is 0.410 e. The van der Waals surface area contributed by atoms with Gasteiger partial charge in [-0.05, 0) is 31.7 Å². The molecule has 0 radical (unpaired) electrons. The molecular weight excluding hydrogens is 192 g/mol. The highest BCUT2D eigenvalue weighted by atomic mass is 16.6. The monoisotopic (exact) mass is 212 g/mol. The van der Waals surface area contributed by atoms with Crippen molar-refractivity contribution < 1.29 is 9.53 Å². The minimum Gasteiger partial charge on any atom is -0.449 e. The van der Waals surface area contributed by atoms with Crippen molar-refractivity contribution in [3.8, 4) is 0 Å². The largest absolute Gasteiger partial charge is 0.449 e. The van der Waals surface area contributed by atoms with Crippen LogP contribution in [0.2, 0.25) is 0 Å². The number of hydrogen-bond donors (Lipinski definition) is 1. The lowest BCUT2D eigenvalue weighted by Gasteiger charge is -2.35. The highest BCUT2D eigenvalue weighted by Gasteiger charge is 2.34. The summed E-state index contributed by atoms with van der Waals surface area (Å²) in [6, 6.07) is 0.355. The first-order valence-corrected chi connectivity index (χ1v) is 5.95. The van der Waals surface area contributed by atoms with Crippen LogP contribution >= 0.6 is 0 Å². The van der Waals surface area contributed by atoms with Gasteiger partial charge in [-0.15, -0.1) is 0 Å². The SMILES string of the molecule is CCCOC(=O)N1CC2CCC1CNC2. The minimum atomic E-state index is -0.116. The Hall–Kier alpha value is -0.770. The smallest absolute Gasteiger partial charge is 0.410 e. The molecule has 4 heteroatoms. The number of nitrogens with zero attached hydrogens (tertiary/aromatic N) is 1. The second-order valence-electron chi connectivity index (χ2n) is 4.52. The van der Waals surface area contributed by atoms with Crippen molar-refractivity contribution in [2.45, 2.75) is 32.2 Å². The maximum atomic E-state index is 11.8. The van der Waals surface area contributed by atoms with Crippen LogP contribution in [0.1, 0.15) is 26.2 Å². The van der Waals surface area contributed by atoms with Gasteiger partial charge in [0.2, 0.25) is 0 Å². The van der Waals surface area contributed by atoms with E-state index in [2.05, 4.69) is 5.32 Å². The Kier molecular flexibility index (Phi) is 3.46.